The summed E-state index contributed by atoms with van der Waals surface area (Å²) in [6, 6.07) is 29.1. The van der Waals surface area contributed by atoms with Crippen LogP contribution in [0.5, 0.6) is 11.5 Å². The monoisotopic (exact) mass is 538 g/mol. The van der Waals surface area contributed by atoms with E-state index in [4.69, 9.17) is 25.8 Å². The molecule has 3 aliphatic carbocycles. The molecule has 0 fully saturated rings. The molecular weight excluding hydrogens is 508 g/mol. The zero-order valence-electron chi connectivity index (χ0n) is 22.6. The van der Waals surface area contributed by atoms with Crippen molar-refractivity contribution in [3.05, 3.63) is 129 Å². The molecule has 4 aromatic carbocycles. The van der Waals surface area contributed by atoms with E-state index in [1.54, 1.807) is 7.11 Å². The molecule has 198 valence electrons. The van der Waals surface area contributed by atoms with E-state index in [9.17, 15) is 4.79 Å². The van der Waals surface area contributed by atoms with Gasteiger partial charge in [-0.05, 0) is 79.3 Å². The van der Waals surface area contributed by atoms with E-state index in [2.05, 4.69) is 60.7 Å². The first-order chi connectivity index (χ1) is 18.8. The van der Waals surface area contributed by atoms with Gasteiger partial charge in [-0.3, -0.25) is 4.79 Å². The molecule has 0 atom stereocenters. The zero-order chi connectivity index (χ0) is 27.4. The highest BCUT2D eigenvalue weighted by molar-refractivity contribution is 6.30. The van der Waals surface area contributed by atoms with E-state index in [1.165, 1.54) is 22.3 Å². The standard InChI is InChI=1S/C34H31ClO4/c1-33(2,3)32(36)39-27-17-18-28(38-20-37-4)31-30(27)29-23-9-5-7-11-25(23)34(31,26-12-8-6-10-24(26)29)19-21-13-15-22(35)16-14-21/h5-18,29H,19-20H2,1-4H3. The van der Waals surface area contributed by atoms with Crippen LogP contribution in [0, 0.1) is 5.41 Å². The van der Waals surface area contributed by atoms with Crippen LogP contribution >= 0.6 is 11.6 Å². The summed E-state index contributed by atoms with van der Waals surface area (Å²) < 4.78 is 17.8. The molecule has 0 radical (unpaired) electrons. The second-order valence-electron chi connectivity index (χ2n) is 11.4. The molecule has 2 bridgehead atoms. The van der Waals surface area contributed by atoms with Gasteiger partial charge in [0.1, 0.15) is 11.5 Å². The Kier molecular flexibility index (Phi) is 6.28. The number of ether oxygens (including phenoxy) is 3. The average Bonchev–Trinajstić information content (AvgIpc) is 2.93. The van der Waals surface area contributed by atoms with Crippen molar-refractivity contribution in [1.82, 2.24) is 0 Å². The fourth-order valence-electron chi connectivity index (χ4n) is 6.25. The normalized spacial score (nSPS) is 18.6. The Labute approximate surface area is 234 Å². The third-order valence-electron chi connectivity index (χ3n) is 7.88. The van der Waals surface area contributed by atoms with Crippen molar-refractivity contribution in [2.24, 2.45) is 5.41 Å². The molecule has 0 saturated carbocycles. The Bertz CT molecular complexity index is 1520. The third kappa shape index (κ3) is 4.05. The van der Waals surface area contributed by atoms with Crippen LogP contribution in [0.4, 0.5) is 0 Å². The molecule has 0 N–H and O–H groups in total. The van der Waals surface area contributed by atoms with Crippen LogP contribution in [0.15, 0.2) is 84.9 Å². The van der Waals surface area contributed by atoms with Gasteiger partial charge in [-0.1, -0.05) is 72.3 Å². The molecule has 0 saturated heterocycles. The van der Waals surface area contributed by atoms with E-state index in [-0.39, 0.29) is 18.7 Å². The molecule has 0 unspecified atom stereocenters. The Morgan fingerprint density at radius 2 is 1.44 bits per heavy atom. The summed E-state index contributed by atoms with van der Waals surface area (Å²) >= 11 is 6.28. The van der Waals surface area contributed by atoms with Crippen molar-refractivity contribution in [2.75, 3.05) is 13.9 Å². The highest BCUT2D eigenvalue weighted by atomic mass is 35.5. The predicted octanol–water partition coefficient (Wildman–Crippen LogP) is 7.66. The lowest BCUT2D eigenvalue weighted by atomic mass is 9.51. The van der Waals surface area contributed by atoms with Gasteiger partial charge in [-0.25, -0.2) is 0 Å². The van der Waals surface area contributed by atoms with E-state index >= 15 is 0 Å². The molecule has 3 aliphatic rings. The Hall–Kier alpha value is -3.60. The van der Waals surface area contributed by atoms with Crippen LogP contribution < -0.4 is 9.47 Å². The number of halogens is 1. The molecule has 4 nitrogen and oxygen atoms in total. The Balaban J connectivity index is 1.70. The van der Waals surface area contributed by atoms with Gasteiger partial charge in [-0.2, -0.15) is 0 Å². The van der Waals surface area contributed by atoms with Crippen LogP contribution in [-0.2, 0) is 21.4 Å². The summed E-state index contributed by atoms with van der Waals surface area (Å²) in [5, 5.41) is 0.699. The lowest BCUT2D eigenvalue weighted by Gasteiger charge is -2.51. The van der Waals surface area contributed by atoms with Gasteiger partial charge in [0.25, 0.3) is 0 Å². The highest BCUT2D eigenvalue weighted by Crippen LogP contribution is 2.64. The van der Waals surface area contributed by atoms with Gasteiger partial charge >= 0.3 is 5.97 Å². The minimum atomic E-state index is -0.650. The molecule has 0 aromatic heterocycles. The molecule has 4 aromatic rings. The van der Waals surface area contributed by atoms with Gasteiger partial charge < -0.3 is 14.2 Å². The van der Waals surface area contributed by atoms with Crippen LogP contribution in [0.1, 0.15) is 65.6 Å². The number of hydrogen-bond acceptors (Lipinski definition) is 4. The van der Waals surface area contributed by atoms with E-state index in [1.807, 2.05) is 45.0 Å². The van der Waals surface area contributed by atoms with Crippen LogP contribution in [0.2, 0.25) is 5.02 Å². The van der Waals surface area contributed by atoms with Gasteiger partial charge in [0.05, 0.1) is 10.8 Å². The van der Waals surface area contributed by atoms with Gasteiger partial charge in [0.15, 0.2) is 6.79 Å². The first-order valence-corrected chi connectivity index (χ1v) is 13.6. The second-order valence-corrected chi connectivity index (χ2v) is 11.8. The summed E-state index contributed by atoms with van der Waals surface area (Å²) in [5.74, 6) is 0.924. The quantitative estimate of drug-likeness (QED) is 0.144. The van der Waals surface area contributed by atoms with E-state index in [0.717, 1.165) is 22.4 Å². The maximum Gasteiger partial charge on any atom is 0.316 e. The topological polar surface area (TPSA) is 44.8 Å². The van der Waals surface area contributed by atoms with Crippen molar-refractivity contribution < 1.29 is 19.0 Å². The highest BCUT2D eigenvalue weighted by Gasteiger charge is 2.54. The number of benzene rings is 4. The number of carbonyl (C=O) groups is 1. The third-order valence-corrected chi connectivity index (χ3v) is 8.13. The molecule has 0 aliphatic heterocycles. The van der Waals surface area contributed by atoms with Crippen LogP contribution in [0.25, 0.3) is 0 Å². The first kappa shape index (κ1) is 25.7. The zero-order valence-corrected chi connectivity index (χ0v) is 23.3. The van der Waals surface area contributed by atoms with Crippen molar-refractivity contribution in [3.8, 4) is 11.5 Å². The molecular formula is C34H31ClO4. The second kappa shape index (κ2) is 9.55. The number of esters is 1. The summed E-state index contributed by atoms with van der Waals surface area (Å²) in [6.45, 7) is 5.72. The van der Waals surface area contributed by atoms with Crippen molar-refractivity contribution in [3.63, 3.8) is 0 Å². The SMILES string of the molecule is COCOc1ccc(OC(=O)C(C)(C)C)c2c1C1(Cc3ccc(Cl)cc3)c3ccccc3C2c2ccccc21. The smallest absolute Gasteiger partial charge is 0.316 e. The number of methoxy groups -OCH3 is 1. The van der Waals surface area contributed by atoms with E-state index < -0.39 is 10.8 Å². The molecule has 0 amide bonds. The van der Waals surface area contributed by atoms with Crippen molar-refractivity contribution in [2.45, 2.75) is 38.5 Å². The van der Waals surface area contributed by atoms with Gasteiger partial charge in [0, 0.05) is 29.2 Å². The van der Waals surface area contributed by atoms with Crippen molar-refractivity contribution in [1.29, 1.82) is 0 Å². The average molecular weight is 539 g/mol. The summed E-state index contributed by atoms with van der Waals surface area (Å²) in [7, 11) is 1.62. The summed E-state index contributed by atoms with van der Waals surface area (Å²) in [4.78, 5) is 13.2. The lowest BCUT2D eigenvalue weighted by Crippen LogP contribution is -2.44. The fourth-order valence-corrected chi connectivity index (χ4v) is 6.37. The van der Waals surface area contributed by atoms with Crippen LogP contribution in [-0.4, -0.2) is 19.9 Å². The maximum absolute atomic E-state index is 13.2. The summed E-state index contributed by atoms with van der Waals surface area (Å²) in [6.07, 6.45) is 0.679. The van der Waals surface area contributed by atoms with Crippen LogP contribution in [0.3, 0.4) is 0 Å². The summed E-state index contributed by atoms with van der Waals surface area (Å²) in [5.41, 5.74) is 6.81. The molecule has 5 heteroatoms. The number of hydrogen-bond donors (Lipinski definition) is 0. The van der Waals surface area contributed by atoms with Crippen molar-refractivity contribution >= 4 is 17.6 Å². The van der Waals surface area contributed by atoms with E-state index in [0.29, 0.717) is 17.2 Å². The largest absolute Gasteiger partial charge is 0.467 e. The lowest BCUT2D eigenvalue weighted by molar-refractivity contribution is -0.143. The molecule has 7 rings (SSSR count). The fraction of sp³-hybridized carbons (Fsp3) is 0.265. The minimum Gasteiger partial charge on any atom is -0.467 e. The maximum atomic E-state index is 13.2. The molecule has 0 heterocycles. The van der Waals surface area contributed by atoms with Gasteiger partial charge in [-0.15, -0.1) is 0 Å². The molecule has 39 heavy (non-hydrogen) atoms. The Morgan fingerprint density at radius 1 is 0.846 bits per heavy atom. The first-order valence-electron chi connectivity index (χ1n) is 13.2. The predicted molar refractivity (Wildman–Crippen MR) is 153 cm³/mol. The molecule has 0 spiro atoms. The minimum absolute atomic E-state index is 0.103. The number of rotatable bonds is 6. The van der Waals surface area contributed by atoms with Gasteiger partial charge in [0.2, 0.25) is 0 Å². The number of carbonyl (C=O) groups excluding carboxylic acids is 1. The Morgan fingerprint density at radius 3 is 2.03 bits per heavy atom.